The molecule has 1 aromatic heterocycles. The van der Waals surface area contributed by atoms with Gasteiger partial charge in [-0.25, -0.2) is 4.79 Å². The van der Waals surface area contributed by atoms with Gasteiger partial charge in [0.15, 0.2) is 0 Å². The number of rotatable bonds is 0. The van der Waals surface area contributed by atoms with Crippen molar-refractivity contribution in [3.63, 3.8) is 0 Å². The van der Waals surface area contributed by atoms with E-state index >= 15 is 0 Å². The molecule has 4 nitrogen and oxygen atoms in total. The van der Waals surface area contributed by atoms with Crippen LogP contribution in [0.2, 0.25) is 0 Å². The average molecular weight is 171 g/mol. The van der Waals surface area contributed by atoms with Gasteiger partial charge >= 0.3 is 5.69 Å². The molecule has 2 N–H and O–H groups in total. The van der Waals surface area contributed by atoms with E-state index in [2.05, 4.69) is 4.98 Å². The monoisotopic (exact) mass is 171 g/mol. The minimum absolute atomic E-state index is 0.233. The van der Waals surface area contributed by atoms with Crippen molar-refractivity contribution in [3.05, 3.63) is 16.7 Å². The van der Waals surface area contributed by atoms with Gasteiger partial charge in [-0.15, -0.1) is 0 Å². The standard InChI is InChI=1S/C4H9N3OSi2/c5-3-2(9)1-7(10)4(8)6-3/h1H,9-10H3,(H2,5,6,8). The molecule has 0 spiro atoms. The molecular weight excluding hydrogens is 162 g/mol. The minimum Gasteiger partial charge on any atom is -0.384 e. The zero-order valence-electron chi connectivity index (χ0n) is 5.96. The van der Waals surface area contributed by atoms with Gasteiger partial charge < -0.3 is 9.97 Å². The molecule has 0 aliphatic rings. The maximum absolute atomic E-state index is 10.8. The lowest BCUT2D eigenvalue weighted by atomic mass is 10.6. The molecule has 0 amide bonds. The Bertz CT molecular complexity index is 308. The Kier molecular flexibility index (Phi) is 1.72. The summed E-state index contributed by atoms with van der Waals surface area (Å²) >= 11 is 0. The van der Waals surface area contributed by atoms with E-state index in [-0.39, 0.29) is 5.69 Å². The Hall–Kier alpha value is -0.886. The molecular formula is C4H9N3OSi2. The number of hydrogen-bond donors (Lipinski definition) is 1. The van der Waals surface area contributed by atoms with Gasteiger partial charge in [0.25, 0.3) is 0 Å². The first-order valence-corrected chi connectivity index (χ1v) is 4.80. The van der Waals surface area contributed by atoms with Crippen LogP contribution < -0.4 is 16.6 Å². The second-order valence-corrected chi connectivity index (χ2v) is 4.24. The van der Waals surface area contributed by atoms with Gasteiger partial charge in [0, 0.05) is 16.4 Å². The Labute approximate surface area is 64.0 Å². The third-order valence-electron chi connectivity index (χ3n) is 1.31. The maximum atomic E-state index is 10.8. The highest BCUT2D eigenvalue weighted by Crippen LogP contribution is 1.80. The quantitative estimate of drug-likeness (QED) is 0.404. The molecule has 0 fully saturated rings. The van der Waals surface area contributed by atoms with Crippen LogP contribution in [0.3, 0.4) is 0 Å². The van der Waals surface area contributed by atoms with Gasteiger partial charge in [0.2, 0.25) is 0 Å². The molecule has 0 aliphatic heterocycles. The summed E-state index contributed by atoms with van der Waals surface area (Å²) in [6, 6.07) is 0. The summed E-state index contributed by atoms with van der Waals surface area (Å²) in [4.78, 5) is 14.4. The Morgan fingerprint density at radius 1 is 1.70 bits per heavy atom. The predicted octanol–water partition coefficient (Wildman–Crippen LogP) is -4.06. The SMILES string of the molecule is Nc1nc(=O)n([SiH3])cc1[SiH3]. The second kappa shape index (κ2) is 2.39. The molecule has 1 aromatic rings. The van der Waals surface area contributed by atoms with Crippen molar-refractivity contribution >= 4 is 31.7 Å². The number of nitrogens with two attached hydrogens (primary N) is 1. The van der Waals surface area contributed by atoms with E-state index in [1.54, 1.807) is 10.4 Å². The number of aromatic nitrogens is 2. The molecule has 54 valence electrons. The molecule has 0 radical (unpaired) electrons. The third-order valence-corrected chi connectivity index (χ3v) is 2.72. The lowest BCUT2D eigenvalue weighted by Crippen LogP contribution is -2.29. The van der Waals surface area contributed by atoms with Crippen molar-refractivity contribution in [2.45, 2.75) is 0 Å². The van der Waals surface area contributed by atoms with Crippen molar-refractivity contribution < 1.29 is 0 Å². The molecule has 10 heavy (non-hydrogen) atoms. The molecule has 0 aromatic carbocycles. The van der Waals surface area contributed by atoms with Crippen LogP contribution in [0.1, 0.15) is 0 Å². The van der Waals surface area contributed by atoms with E-state index in [0.717, 1.165) is 15.4 Å². The van der Waals surface area contributed by atoms with Crippen LogP contribution in [0, 0.1) is 0 Å². The summed E-state index contributed by atoms with van der Waals surface area (Å²) in [5, 5.41) is 0.995. The van der Waals surface area contributed by atoms with Crippen LogP contribution in [0.4, 0.5) is 5.82 Å². The highest BCUT2D eigenvalue weighted by molar-refractivity contribution is 6.35. The van der Waals surface area contributed by atoms with E-state index < -0.39 is 0 Å². The van der Waals surface area contributed by atoms with E-state index in [0.29, 0.717) is 16.2 Å². The molecule has 1 heterocycles. The van der Waals surface area contributed by atoms with Crippen molar-refractivity contribution in [1.82, 2.24) is 9.22 Å². The highest BCUT2D eigenvalue weighted by Gasteiger charge is 1.95. The minimum atomic E-state index is -0.233. The highest BCUT2D eigenvalue weighted by atomic mass is 28.2. The largest absolute Gasteiger partial charge is 0.384 e. The molecule has 0 unspecified atom stereocenters. The fourth-order valence-corrected chi connectivity index (χ4v) is 2.18. The molecule has 0 saturated carbocycles. The topological polar surface area (TPSA) is 60.9 Å². The fourth-order valence-electron chi connectivity index (χ4n) is 0.682. The number of nitrogen functional groups attached to an aromatic ring is 1. The number of nitrogens with zero attached hydrogens (tertiary/aromatic N) is 2. The van der Waals surface area contributed by atoms with Crippen LogP contribution in [-0.4, -0.2) is 29.9 Å². The van der Waals surface area contributed by atoms with Crippen LogP contribution in [0.15, 0.2) is 11.0 Å². The van der Waals surface area contributed by atoms with E-state index in [4.69, 9.17) is 5.73 Å². The number of anilines is 1. The number of hydrogen-bond acceptors (Lipinski definition) is 3. The van der Waals surface area contributed by atoms with Gasteiger partial charge in [-0.3, -0.25) is 0 Å². The first-order chi connectivity index (χ1) is 4.61. The second-order valence-electron chi connectivity index (χ2n) is 2.20. The van der Waals surface area contributed by atoms with Crippen molar-refractivity contribution in [3.8, 4) is 0 Å². The van der Waals surface area contributed by atoms with E-state index in [9.17, 15) is 4.79 Å². The van der Waals surface area contributed by atoms with Gasteiger partial charge in [-0.2, -0.15) is 4.98 Å². The maximum Gasteiger partial charge on any atom is 0.340 e. The first-order valence-electron chi connectivity index (χ1n) is 2.91. The van der Waals surface area contributed by atoms with Gasteiger partial charge in [0.05, 0.1) is 0 Å². The summed E-state index contributed by atoms with van der Waals surface area (Å²) in [6.45, 7) is 0. The molecule has 0 atom stereocenters. The Balaban J connectivity index is 3.43. The van der Waals surface area contributed by atoms with Gasteiger partial charge in [0.1, 0.15) is 16.2 Å². The molecule has 6 heteroatoms. The third kappa shape index (κ3) is 1.16. The van der Waals surface area contributed by atoms with Gasteiger partial charge in [-0.1, -0.05) is 0 Å². The van der Waals surface area contributed by atoms with E-state index in [1.807, 2.05) is 0 Å². The summed E-state index contributed by atoms with van der Waals surface area (Å²) in [7, 11) is 1.53. The van der Waals surface area contributed by atoms with Crippen LogP contribution in [-0.2, 0) is 0 Å². The summed E-state index contributed by atoms with van der Waals surface area (Å²) in [6.07, 6.45) is 1.78. The predicted molar refractivity (Wildman–Crippen MR) is 47.8 cm³/mol. The summed E-state index contributed by atoms with van der Waals surface area (Å²) < 4.78 is 1.57. The normalized spacial score (nSPS) is 10.4. The average Bonchev–Trinajstić information content (AvgIpc) is 1.84. The lowest BCUT2D eigenvalue weighted by molar-refractivity contribution is 1.02. The van der Waals surface area contributed by atoms with Gasteiger partial charge in [-0.05, 0) is 5.19 Å². The van der Waals surface area contributed by atoms with Crippen molar-refractivity contribution in [2.24, 2.45) is 0 Å². The molecule has 0 saturated heterocycles. The van der Waals surface area contributed by atoms with Crippen LogP contribution in [0.5, 0.6) is 0 Å². The van der Waals surface area contributed by atoms with E-state index in [1.165, 1.54) is 0 Å². The van der Waals surface area contributed by atoms with Crippen molar-refractivity contribution in [2.75, 3.05) is 5.73 Å². The summed E-state index contributed by atoms with van der Waals surface area (Å²) in [5.74, 6) is 0.392. The van der Waals surface area contributed by atoms with Crippen LogP contribution in [0.25, 0.3) is 0 Å². The van der Waals surface area contributed by atoms with Crippen molar-refractivity contribution in [1.29, 1.82) is 0 Å². The first kappa shape index (κ1) is 7.22. The fraction of sp³-hybridized carbons (Fsp3) is 0. The molecule has 1 rings (SSSR count). The Morgan fingerprint density at radius 2 is 2.30 bits per heavy atom. The Morgan fingerprint density at radius 3 is 2.80 bits per heavy atom. The zero-order valence-corrected chi connectivity index (χ0v) is 9.96. The van der Waals surface area contributed by atoms with Crippen LogP contribution >= 0.6 is 0 Å². The molecule has 0 bridgehead atoms. The molecule has 0 aliphatic carbocycles. The zero-order chi connectivity index (χ0) is 7.72. The smallest absolute Gasteiger partial charge is 0.340 e. The lowest BCUT2D eigenvalue weighted by Gasteiger charge is -1.99. The summed E-state index contributed by atoms with van der Waals surface area (Å²) in [5.41, 5.74) is 5.18.